The molecular weight excluding hydrogens is 242 g/mol. The summed E-state index contributed by atoms with van der Waals surface area (Å²) < 4.78 is 0. The number of rotatable bonds is 2. The minimum atomic E-state index is -0.0456. The normalized spacial score (nSPS) is 16.4. The molecule has 0 aromatic heterocycles. The van der Waals surface area contributed by atoms with Crippen LogP contribution in [-0.2, 0) is 4.79 Å². The van der Waals surface area contributed by atoms with E-state index < -0.39 is 0 Å². The third-order valence-corrected chi connectivity index (χ3v) is 3.45. The van der Waals surface area contributed by atoms with Crippen LogP contribution < -0.4 is 10.6 Å². The van der Waals surface area contributed by atoms with Crippen LogP contribution in [0.4, 0.5) is 11.4 Å². The lowest BCUT2D eigenvalue weighted by atomic mass is 10.1. The quantitative estimate of drug-likeness (QED) is 0.640. The molecule has 1 fully saturated rings. The standard InChI is InChI=1S/C14H19N3O2/c1-10(18)12-5-4-11(8-13(12)15)17-7-3-6-16(2)14(19)9-17/h4-5,8H,3,6-7,9,15H2,1-2H3. The molecule has 1 aromatic carbocycles. The van der Waals surface area contributed by atoms with Gasteiger partial charge in [-0.15, -0.1) is 0 Å². The number of amides is 1. The van der Waals surface area contributed by atoms with E-state index in [9.17, 15) is 9.59 Å². The Kier molecular flexibility index (Phi) is 3.74. The van der Waals surface area contributed by atoms with Gasteiger partial charge in [0.2, 0.25) is 5.91 Å². The minimum Gasteiger partial charge on any atom is -0.398 e. The van der Waals surface area contributed by atoms with E-state index in [-0.39, 0.29) is 11.7 Å². The number of nitrogens with two attached hydrogens (primary N) is 1. The van der Waals surface area contributed by atoms with E-state index in [4.69, 9.17) is 5.73 Å². The summed E-state index contributed by atoms with van der Waals surface area (Å²) in [6.45, 7) is 3.44. The van der Waals surface area contributed by atoms with Crippen LogP contribution in [0.15, 0.2) is 18.2 Å². The highest BCUT2D eigenvalue weighted by Crippen LogP contribution is 2.23. The van der Waals surface area contributed by atoms with Crippen molar-refractivity contribution in [2.75, 3.05) is 37.3 Å². The van der Waals surface area contributed by atoms with E-state index >= 15 is 0 Å². The Morgan fingerprint density at radius 2 is 2.05 bits per heavy atom. The van der Waals surface area contributed by atoms with Crippen molar-refractivity contribution in [3.05, 3.63) is 23.8 Å². The number of hydrogen-bond donors (Lipinski definition) is 1. The predicted molar refractivity (Wildman–Crippen MR) is 75.3 cm³/mol. The zero-order valence-corrected chi connectivity index (χ0v) is 11.3. The van der Waals surface area contributed by atoms with Crippen molar-refractivity contribution in [2.24, 2.45) is 0 Å². The number of carbonyl (C=O) groups is 2. The topological polar surface area (TPSA) is 66.6 Å². The third kappa shape index (κ3) is 2.86. The lowest BCUT2D eigenvalue weighted by Crippen LogP contribution is -2.34. The van der Waals surface area contributed by atoms with Crippen molar-refractivity contribution in [1.29, 1.82) is 0 Å². The molecule has 5 heteroatoms. The molecule has 1 aliphatic heterocycles. The van der Waals surface area contributed by atoms with Crippen LogP contribution in [0.3, 0.4) is 0 Å². The number of Topliss-reactive ketones (excluding diaryl/α,β-unsaturated/α-hetero) is 1. The summed E-state index contributed by atoms with van der Waals surface area (Å²) in [5, 5.41) is 0. The molecule has 0 saturated carbocycles. The molecule has 5 nitrogen and oxygen atoms in total. The number of carbonyl (C=O) groups excluding carboxylic acids is 2. The molecule has 0 aliphatic carbocycles. The van der Waals surface area contributed by atoms with Crippen molar-refractivity contribution in [1.82, 2.24) is 4.90 Å². The molecule has 19 heavy (non-hydrogen) atoms. The highest BCUT2D eigenvalue weighted by atomic mass is 16.2. The highest BCUT2D eigenvalue weighted by Gasteiger charge is 2.19. The van der Waals surface area contributed by atoms with Crippen molar-refractivity contribution in [2.45, 2.75) is 13.3 Å². The maximum Gasteiger partial charge on any atom is 0.241 e. The second-order valence-electron chi connectivity index (χ2n) is 4.92. The molecule has 1 heterocycles. The molecular formula is C14H19N3O2. The van der Waals surface area contributed by atoms with Gasteiger partial charge in [0.1, 0.15) is 0 Å². The lowest BCUT2D eigenvalue weighted by molar-refractivity contribution is -0.127. The van der Waals surface area contributed by atoms with Crippen LogP contribution >= 0.6 is 0 Å². The summed E-state index contributed by atoms with van der Waals surface area (Å²) in [6.07, 6.45) is 0.927. The van der Waals surface area contributed by atoms with Gasteiger partial charge in [0, 0.05) is 37.1 Å². The van der Waals surface area contributed by atoms with E-state index in [2.05, 4.69) is 0 Å². The van der Waals surface area contributed by atoms with E-state index in [1.165, 1.54) is 6.92 Å². The van der Waals surface area contributed by atoms with Crippen molar-refractivity contribution in [3.8, 4) is 0 Å². The van der Waals surface area contributed by atoms with Crippen molar-refractivity contribution >= 4 is 23.1 Å². The Labute approximate surface area is 113 Å². The first-order chi connectivity index (χ1) is 8.99. The molecule has 1 amide bonds. The van der Waals surface area contributed by atoms with Crippen molar-refractivity contribution in [3.63, 3.8) is 0 Å². The van der Waals surface area contributed by atoms with Crippen LogP contribution in [0.25, 0.3) is 0 Å². The van der Waals surface area contributed by atoms with Crippen LogP contribution in [0.1, 0.15) is 23.7 Å². The van der Waals surface area contributed by atoms with Gasteiger partial charge in [0.25, 0.3) is 0 Å². The van der Waals surface area contributed by atoms with E-state index in [0.717, 1.165) is 25.2 Å². The summed E-state index contributed by atoms with van der Waals surface area (Å²) >= 11 is 0. The Bertz CT molecular complexity index is 513. The first-order valence-corrected chi connectivity index (χ1v) is 6.38. The minimum absolute atomic E-state index is 0.0456. The van der Waals surface area contributed by atoms with Crippen LogP contribution in [0.5, 0.6) is 0 Å². The van der Waals surface area contributed by atoms with Gasteiger partial charge in [-0.1, -0.05) is 0 Å². The van der Waals surface area contributed by atoms with Crippen molar-refractivity contribution < 1.29 is 9.59 Å². The second-order valence-corrected chi connectivity index (χ2v) is 4.92. The average Bonchev–Trinajstić information content (AvgIpc) is 2.51. The Balaban J connectivity index is 2.24. The maximum atomic E-state index is 11.9. The van der Waals surface area contributed by atoms with Crippen LogP contribution in [0.2, 0.25) is 0 Å². The van der Waals surface area contributed by atoms with Gasteiger partial charge in [-0.05, 0) is 31.5 Å². The number of nitrogen functional groups attached to an aromatic ring is 1. The SMILES string of the molecule is CC(=O)c1ccc(N2CCCN(C)C(=O)C2)cc1N. The molecule has 1 aliphatic rings. The molecule has 2 N–H and O–H groups in total. The van der Waals surface area contributed by atoms with Gasteiger partial charge in [-0.3, -0.25) is 9.59 Å². The Morgan fingerprint density at radius 1 is 1.32 bits per heavy atom. The van der Waals surface area contributed by atoms with Gasteiger partial charge in [0.15, 0.2) is 5.78 Å². The van der Waals surface area contributed by atoms with Gasteiger partial charge in [-0.25, -0.2) is 0 Å². The molecule has 0 atom stereocenters. The Hall–Kier alpha value is -2.04. The van der Waals surface area contributed by atoms with E-state index in [1.54, 1.807) is 17.0 Å². The number of benzene rings is 1. The van der Waals surface area contributed by atoms with Gasteiger partial charge in [0.05, 0.1) is 6.54 Å². The third-order valence-electron chi connectivity index (χ3n) is 3.45. The first kappa shape index (κ1) is 13.4. The first-order valence-electron chi connectivity index (χ1n) is 6.38. The van der Waals surface area contributed by atoms with Crippen LogP contribution in [-0.4, -0.2) is 43.3 Å². The summed E-state index contributed by atoms with van der Waals surface area (Å²) in [7, 11) is 1.82. The van der Waals surface area contributed by atoms with Gasteiger partial charge in [-0.2, -0.15) is 0 Å². The monoisotopic (exact) mass is 261 g/mol. The van der Waals surface area contributed by atoms with Gasteiger partial charge >= 0.3 is 0 Å². The zero-order chi connectivity index (χ0) is 14.0. The smallest absolute Gasteiger partial charge is 0.241 e. The number of hydrogen-bond acceptors (Lipinski definition) is 4. The zero-order valence-electron chi connectivity index (χ0n) is 11.3. The summed E-state index contributed by atoms with van der Waals surface area (Å²) in [6, 6.07) is 5.35. The molecule has 2 rings (SSSR count). The number of nitrogens with zero attached hydrogens (tertiary/aromatic N) is 2. The maximum absolute atomic E-state index is 11.9. The molecule has 0 unspecified atom stereocenters. The summed E-state index contributed by atoms with van der Waals surface area (Å²) in [5.74, 6) is 0.0578. The van der Waals surface area contributed by atoms with Gasteiger partial charge < -0.3 is 15.5 Å². The van der Waals surface area contributed by atoms with E-state index in [1.807, 2.05) is 18.0 Å². The molecule has 0 radical (unpaired) electrons. The summed E-state index contributed by atoms with van der Waals surface area (Å²) in [5.41, 5.74) is 7.78. The second kappa shape index (κ2) is 5.30. The van der Waals surface area contributed by atoms with Crippen LogP contribution in [0, 0.1) is 0 Å². The number of ketones is 1. The fourth-order valence-electron chi connectivity index (χ4n) is 2.27. The molecule has 0 spiro atoms. The predicted octanol–water partition coefficient (Wildman–Crippen LogP) is 1.14. The fraction of sp³-hybridized carbons (Fsp3) is 0.429. The number of likely N-dealkylation sites (N-methyl/N-ethyl adjacent to an activating group) is 1. The summed E-state index contributed by atoms with van der Waals surface area (Å²) in [4.78, 5) is 27.0. The molecule has 1 saturated heterocycles. The van der Waals surface area contributed by atoms with E-state index in [0.29, 0.717) is 17.8 Å². The largest absolute Gasteiger partial charge is 0.398 e. The number of anilines is 2. The highest BCUT2D eigenvalue weighted by molar-refractivity contribution is 5.99. The average molecular weight is 261 g/mol. The molecule has 1 aromatic rings. The molecule has 0 bridgehead atoms. The Morgan fingerprint density at radius 3 is 2.68 bits per heavy atom. The fourth-order valence-corrected chi connectivity index (χ4v) is 2.27. The molecule has 102 valence electrons. The lowest BCUT2D eigenvalue weighted by Gasteiger charge is -2.22.